The van der Waals surface area contributed by atoms with Crippen LogP contribution in [0.4, 0.5) is 18.9 Å². The molecule has 146 valence electrons. The minimum atomic E-state index is -1.63. The number of hydrogen-bond acceptors (Lipinski definition) is 4. The van der Waals surface area contributed by atoms with Crippen molar-refractivity contribution in [2.45, 2.75) is 24.3 Å². The summed E-state index contributed by atoms with van der Waals surface area (Å²) in [5.41, 5.74) is 1.54. The van der Waals surface area contributed by atoms with Gasteiger partial charge in [-0.1, -0.05) is 36.0 Å². The fraction of sp³-hybridized carbons (Fsp3) is 0.211. The van der Waals surface area contributed by atoms with Crippen LogP contribution < -0.4 is 5.32 Å². The van der Waals surface area contributed by atoms with Crippen molar-refractivity contribution in [1.29, 1.82) is 0 Å². The van der Waals surface area contributed by atoms with Crippen molar-refractivity contribution < 1.29 is 18.0 Å². The van der Waals surface area contributed by atoms with Crippen LogP contribution in [0, 0.1) is 24.4 Å². The van der Waals surface area contributed by atoms with Crippen LogP contribution in [0.5, 0.6) is 0 Å². The van der Waals surface area contributed by atoms with Crippen LogP contribution in [0.3, 0.4) is 0 Å². The van der Waals surface area contributed by atoms with Crippen LogP contribution in [0.2, 0.25) is 0 Å². The van der Waals surface area contributed by atoms with Crippen molar-refractivity contribution in [2.24, 2.45) is 7.05 Å². The van der Waals surface area contributed by atoms with E-state index in [1.807, 2.05) is 31.2 Å². The average molecular weight is 406 g/mol. The Morgan fingerprint density at radius 3 is 2.54 bits per heavy atom. The largest absolute Gasteiger partial charge is 0.323 e. The lowest BCUT2D eigenvalue weighted by molar-refractivity contribution is -0.115. The summed E-state index contributed by atoms with van der Waals surface area (Å²) < 4.78 is 41.8. The van der Waals surface area contributed by atoms with E-state index in [0.717, 1.165) is 35.0 Å². The molecule has 0 aliphatic rings. The maximum atomic E-state index is 13.7. The van der Waals surface area contributed by atoms with Gasteiger partial charge in [0, 0.05) is 12.6 Å². The summed E-state index contributed by atoms with van der Waals surface area (Å²) in [4.78, 5) is 12.3. The lowest BCUT2D eigenvalue weighted by Gasteiger charge is -2.13. The summed E-state index contributed by atoms with van der Waals surface area (Å²) >= 11 is 1.12. The molecule has 3 aromatic rings. The predicted molar refractivity (Wildman–Crippen MR) is 101 cm³/mol. The van der Waals surface area contributed by atoms with Gasteiger partial charge in [0.2, 0.25) is 5.91 Å². The molecule has 5 nitrogen and oxygen atoms in total. The monoisotopic (exact) mass is 406 g/mol. The van der Waals surface area contributed by atoms with Crippen LogP contribution in [0.15, 0.2) is 41.6 Å². The Hall–Kier alpha value is -2.81. The first kappa shape index (κ1) is 19.9. The molecule has 9 heteroatoms. The molecule has 1 aromatic heterocycles. The third kappa shape index (κ3) is 3.89. The fourth-order valence-corrected chi connectivity index (χ4v) is 3.36. The standard InChI is InChI=1S/C19H17F3N4OS/c1-10-6-4-5-7-12(10)17-24-25-19(26(17)3)28-11(2)18(27)23-14-9-8-13(20)15(21)16(14)22/h4-9,11H,1-3H3,(H,23,27). The Labute approximate surface area is 164 Å². The lowest BCUT2D eigenvalue weighted by atomic mass is 10.1. The molecule has 1 unspecified atom stereocenters. The fourth-order valence-electron chi connectivity index (χ4n) is 2.54. The number of benzene rings is 2. The first-order chi connectivity index (χ1) is 13.3. The van der Waals surface area contributed by atoms with Gasteiger partial charge in [-0.15, -0.1) is 10.2 Å². The molecular formula is C19H17F3N4OS. The van der Waals surface area contributed by atoms with Crippen molar-refractivity contribution >= 4 is 23.4 Å². The second kappa shape index (κ2) is 8.05. The van der Waals surface area contributed by atoms with Crippen molar-refractivity contribution in [3.05, 3.63) is 59.4 Å². The second-order valence-corrected chi connectivity index (χ2v) is 7.46. The van der Waals surface area contributed by atoms with E-state index in [2.05, 4.69) is 15.5 Å². The van der Waals surface area contributed by atoms with Crippen molar-refractivity contribution in [3.8, 4) is 11.4 Å². The minimum Gasteiger partial charge on any atom is -0.323 e. The van der Waals surface area contributed by atoms with E-state index in [1.165, 1.54) is 0 Å². The Balaban J connectivity index is 1.75. The van der Waals surface area contributed by atoms with Gasteiger partial charge in [-0.05, 0) is 31.5 Å². The number of hydrogen-bond donors (Lipinski definition) is 1. The molecule has 0 saturated heterocycles. The molecule has 0 spiro atoms. The number of nitrogens with zero attached hydrogens (tertiary/aromatic N) is 3. The maximum Gasteiger partial charge on any atom is 0.237 e. The molecule has 0 bridgehead atoms. The molecular weight excluding hydrogens is 389 g/mol. The predicted octanol–water partition coefficient (Wildman–Crippen LogP) is 4.33. The van der Waals surface area contributed by atoms with Gasteiger partial charge in [0.1, 0.15) is 0 Å². The molecule has 0 fully saturated rings. The normalized spacial score (nSPS) is 12.1. The summed E-state index contributed by atoms with van der Waals surface area (Å²) in [6, 6.07) is 9.44. The number of thioether (sulfide) groups is 1. The van der Waals surface area contributed by atoms with E-state index < -0.39 is 34.3 Å². The summed E-state index contributed by atoms with van der Waals surface area (Å²) in [6.07, 6.45) is 0. The highest BCUT2D eigenvalue weighted by Gasteiger charge is 2.22. The molecule has 1 atom stereocenters. The smallest absolute Gasteiger partial charge is 0.237 e. The highest BCUT2D eigenvalue weighted by molar-refractivity contribution is 8.00. The topological polar surface area (TPSA) is 59.8 Å². The molecule has 0 saturated carbocycles. The van der Waals surface area contributed by atoms with Gasteiger partial charge in [-0.2, -0.15) is 0 Å². The zero-order valence-corrected chi connectivity index (χ0v) is 16.1. The Morgan fingerprint density at radius 1 is 1.11 bits per heavy atom. The molecule has 1 N–H and O–H groups in total. The van der Waals surface area contributed by atoms with Gasteiger partial charge in [-0.3, -0.25) is 4.79 Å². The van der Waals surface area contributed by atoms with Crippen LogP contribution >= 0.6 is 11.8 Å². The number of anilines is 1. The lowest BCUT2D eigenvalue weighted by Crippen LogP contribution is -2.23. The Kier molecular flexibility index (Phi) is 5.73. The first-order valence-electron chi connectivity index (χ1n) is 8.36. The van der Waals surface area contributed by atoms with Crippen LogP contribution in [-0.2, 0) is 11.8 Å². The molecule has 1 heterocycles. The molecule has 0 radical (unpaired) electrons. The van der Waals surface area contributed by atoms with Crippen molar-refractivity contribution in [3.63, 3.8) is 0 Å². The molecule has 1 amide bonds. The van der Waals surface area contributed by atoms with Gasteiger partial charge in [0.05, 0.1) is 10.9 Å². The second-order valence-electron chi connectivity index (χ2n) is 6.15. The summed E-state index contributed by atoms with van der Waals surface area (Å²) in [6.45, 7) is 3.56. The zero-order chi connectivity index (χ0) is 20.4. The number of carbonyl (C=O) groups excluding carboxylic acids is 1. The number of carbonyl (C=O) groups is 1. The van der Waals surface area contributed by atoms with E-state index in [1.54, 1.807) is 18.5 Å². The van der Waals surface area contributed by atoms with Gasteiger partial charge in [0.25, 0.3) is 0 Å². The summed E-state index contributed by atoms with van der Waals surface area (Å²) in [5, 5.41) is 10.4. The Morgan fingerprint density at radius 2 is 1.82 bits per heavy atom. The highest BCUT2D eigenvalue weighted by atomic mass is 32.2. The van der Waals surface area contributed by atoms with Crippen LogP contribution in [0.1, 0.15) is 12.5 Å². The van der Waals surface area contributed by atoms with Gasteiger partial charge in [0.15, 0.2) is 28.4 Å². The molecule has 0 aliphatic carbocycles. The van der Waals surface area contributed by atoms with E-state index in [0.29, 0.717) is 11.0 Å². The Bertz CT molecular complexity index is 1040. The number of amides is 1. The van der Waals surface area contributed by atoms with E-state index >= 15 is 0 Å². The summed E-state index contributed by atoms with van der Waals surface area (Å²) in [7, 11) is 1.78. The average Bonchev–Trinajstić information content (AvgIpc) is 3.02. The van der Waals surface area contributed by atoms with E-state index in [-0.39, 0.29) is 0 Å². The SMILES string of the molecule is Cc1ccccc1-c1nnc(SC(C)C(=O)Nc2ccc(F)c(F)c2F)n1C. The number of nitrogens with one attached hydrogen (secondary N) is 1. The van der Waals surface area contributed by atoms with E-state index in [4.69, 9.17) is 0 Å². The first-order valence-corrected chi connectivity index (χ1v) is 9.24. The quantitative estimate of drug-likeness (QED) is 0.506. The summed E-state index contributed by atoms with van der Waals surface area (Å²) in [5.74, 6) is -4.31. The molecule has 28 heavy (non-hydrogen) atoms. The van der Waals surface area contributed by atoms with Gasteiger partial charge < -0.3 is 9.88 Å². The maximum absolute atomic E-state index is 13.7. The van der Waals surface area contributed by atoms with Gasteiger partial charge in [-0.25, -0.2) is 13.2 Å². The van der Waals surface area contributed by atoms with Crippen LogP contribution in [-0.4, -0.2) is 25.9 Å². The van der Waals surface area contributed by atoms with Gasteiger partial charge >= 0.3 is 0 Å². The molecule has 0 aliphatic heterocycles. The number of aryl methyl sites for hydroxylation is 1. The third-order valence-corrected chi connectivity index (χ3v) is 5.30. The van der Waals surface area contributed by atoms with E-state index in [9.17, 15) is 18.0 Å². The number of halogens is 3. The van der Waals surface area contributed by atoms with Crippen molar-refractivity contribution in [1.82, 2.24) is 14.8 Å². The van der Waals surface area contributed by atoms with Crippen LogP contribution in [0.25, 0.3) is 11.4 Å². The highest BCUT2D eigenvalue weighted by Crippen LogP contribution is 2.28. The third-order valence-electron chi connectivity index (χ3n) is 4.17. The molecule has 2 aromatic carbocycles. The number of rotatable bonds is 5. The zero-order valence-electron chi connectivity index (χ0n) is 15.3. The van der Waals surface area contributed by atoms with Crippen molar-refractivity contribution in [2.75, 3.05) is 5.32 Å². The number of aromatic nitrogens is 3. The molecule has 3 rings (SSSR count). The minimum absolute atomic E-state index is 0.421.